The van der Waals surface area contributed by atoms with Crippen molar-refractivity contribution in [2.24, 2.45) is 5.92 Å². The molecule has 19 heavy (non-hydrogen) atoms. The van der Waals surface area contributed by atoms with Crippen molar-refractivity contribution < 1.29 is 14.3 Å². The van der Waals surface area contributed by atoms with Crippen LogP contribution in [0.1, 0.15) is 32.3 Å². The van der Waals surface area contributed by atoms with E-state index < -0.39 is 0 Å². The first-order valence-corrected chi connectivity index (χ1v) is 6.50. The van der Waals surface area contributed by atoms with Crippen molar-refractivity contribution in [1.82, 2.24) is 0 Å². The fraction of sp³-hybridized carbons (Fsp3) is 0.533. The van der Waals surface area contributed by atoms with Crippen molar-refractivity contribution in [3.63, 3.8) is 0 Å². The maximum Gasteiger partial charge on any atom is 0.224 e. The first-order chi connectivity index (χ1) is 8.97. The Morgan fingerprint density at radius 3 is 2.32 bits per heavy atom. The molecule has 0 spiro atoms. The summed E-state index contributed by atoms with van der Waals surface area (Å²) in [6.07, 6.45) is 1.42. The van der Waals surface area contributed by atoms with Gasteiger partial charge in [0.2, 0.25) is 5.91 Å². The maximum absolute atomic E-state index is 11.8. The summed E-state index contributed by atoms with van der Waals surface area (Å²) in [6, 6.07) is 3.65. The van der Waals surface area contributed by atoms with Crippen LogP contribution in [-0.2, 0) is 4.79 Å². The molecule has 0 saturated carbocycles. The summed E-state index contributed by atoms with van der Waals surface area (Å²) < 4.78 is 10.5. The molecule has 1 amide bonds. The highest BCUT2D eigenvalue weighted by Crippen LogP contribution is 2.32. The van der Waals surface area contributed by atoms with Crippen LogP contribution in [-0.4, -0.2) is 20.1 Å². The summed E-state index contributed by atoms with van der Waals surface area (Å²) in [7, 11) is 3.18. The van der Waals surface area contributed by atoms with E-state index in [0.29, 0.717) is 23.8 Å². The minimum atomic E-state index is 0.0315. The Hall–Kier alpha value is -1.71. The lowest BCUT2D eigenvalue weighted by Crippen LogP contribution is -2.13. The molecule has 0 heterocycles. The third kappa shape index (κ3) is 4.47. The number of anilines is 1. The fourth-order valence-corrected chi connectivity index (χ4v) is 1.75. The SMILES string of the molecule is COc1cc(C)c(NC(=O)CCC(C)C)cc1OC. The van der Waals surface area contributed by atoms with Crippen LogP contribution in [0.25, 0.3) is 0 Å². The Morgan fingerprint density at radius 1 is 1.21 bits per heavy atom. The minimum Gasteiger partial charge on any atom is -0.493 e. The number of carbonyl (C=O) groups is 1. The highest BCUT2D eigenvalue weighted by molar-refractivity contribution is 5.92. The van der Waals surface area contributed by atoms with Gasteiger partial charge in [0.25, 0.3) is 0 Å². The van der Waals surface area contributed by atoms with E-state index in [9.17, 15) is 4.79 Å². The van der Waals surface area contributed by atoms with Gasteiger partial charge in [-0.1, -0.05) is 13.8 Å². The molecule has 0 bridgehead atoms. The molecule has 1 rings (SSSR count). The molecule has 0 radical (unpaired) electrons. The molecule has 1 N–H and O–H groups in total. The van der Waals surface area contributed by atoms with E-state index in [-0.39, 0.29) is 5.91 Å². The predicted octanol–water partition coefficient (Wildman–Crippen LogP) is 3.39. The Labute approximate surface area is 115 Å². The maximum atomic E-state index is 11.8. The zero-order valence-corrected chi connectivity index (χ0v) is 12.4. The van der Waals surface area contributed by atoms with Crippen molar-refractivity contribution in [1.29, 1.82) is 0 Å². The lowest BCUT2D eigenvalue weighted by Gasteiger charge is -2.14. The van der Waals surface area contributed by atoms with Crippen molar-refractivity contribution >= 4 is 11.6 Å². The van der Waals surface area contributed by atoms with Gasteiger partial charge in [-0.25, -0.2) is 0 Å². The number of hydrogen-bond acceptors (Lipinski definition) is 3. The number of ether oxygens (including phenoxy) is 2. The van der Waals surface area contributed by atoms with Gasteiger partial charge >= 0.3 is 0 Å². The van der Waals surface area contributed by atoms with Crippen LogP contribution in [0, 0.1) is 12.8 Å². The van der Waals surface area contributed by atoms with Crippen LogP contribution in [0.4, 0.5) is 5.69 Å². The fourth-order valence-electron chi connectivity index (χ4n) is 1.75. The van der Waals surface area contributed by atoms with Gasteiger partial charge in [-0.15, -0.1) is 0 Å². The molecule has 0 saturated heterocycles. The summed E-state index contributed by atoms with van der Waals surface area (Å²) >= 11 is 0. The standard InChI is InChI=1S/C15H23NO3/c1-10(2)6-7-15(17)16-12-9-14(19-5)13(18-4)8-11(12)3/h8-10H,6-7H2,1-5H3,(H,16,17). The van der Waals surface area contributed by atoms with Gasteiger partial charge in [0.05, 0.1) is 14.2 Å². The average Bonchev–Trinajstić information content (AvgIpc) is 2.38. The number of carbonyl (C=O) groups excluding carboxylic acids is 1. The van der Waals surface area contributed by atoms with Crippen molar-refractivity contribution in [3.05, 3.63) is 17.7 Å². The van der Waals surface area contributed by atoms with Crippen molar-refractivity contribution in [2.45, 2.75) is 33.6 Å². The summed E-state index contributed by atoms with van der Waals surface area (Å²) in [5, 5.41) is 2.92. The van der Waals surface area contributed by atoms with Crippen molar-refractivity contribution in [2.75, 3.05) is 19.5 Å². The van der Waals surface area contributed by atoms with Crippen LogP contribution in [0.5, 0.6) is 11.5 Å². The lowest BCUT2D eigenvalue weighted by molar-refractivity contribution is -0.116. The molecule has 4 heteroatoms. The smallest absolute Gasteiger partial charge is 0.224 e. The van der Waals surface area contributed by atoms with Crippen LogP contribution < -0.4 is 14.8 Å². The molecule has 0 aliphatic heterocycles. The van der Waals surface area contributed by atoms with E-state index in [1.807, 2.05) is 13.0 Å². The molecule has 0 fully saturated rings. The van der Waals surface area contributed by atoms with Gasteiger partial charge in [0.1, 0.15) is 0 Å². The van der Waals surface area contributed by atoms with Crippen LogP contribution in [0.3, 0.4) is 0 Å². The monoisotopic (exact) mass is 265 g/mol. The summed E-state index contributed by atoms with van der Waals surface area (Å²) in [5.74, 6) is 1.84. The number of aryl methyl sites for hydroxylation is 1. The highest BCUT2D eigenvalue weighted by Gasteiger charge is 2.11. The van der Waals surface area contributed by atoms with Crippen LogP contribution in [0.2, 0.25) is 0 Å². The molecule has 0 atom stereocenters. The first-order valence-electron chi connectivity index (χ1n) is 6.50. The van der Waals surface area contributed by atoms with Gasteiger partial charge < -0.3 is 14.8 Å². The molecular formula is C15H23NO3. The molecule has 1 aromatic rings. The number of benzene rings is 1. The summed E-state index contributed by atoms with van der Waals surface area (Å²) in [5.41, 5.74) is 1.72. The average molecular weight is 265 g/mol. The highest BCUT2D eigenvalue weighted by atomic mass is 16.5. The Bertz CT molecular complexity index is 441. The van der Waals surface area contributed by atoms with E-state index in [0.717, 1.165) is 17.7 Å². The molecule has 106 valence electrons. The van der Waals surface area contributed by atoms with Gasteiger partial charge in [0, 0.05) is 18.2 Å². The largest absolute Gasteiger partial charge is 0.493 e. The Morgan fingerprint density at radius 2 is 1.79 bits per heavy atom. The molecule has 1 aromatic carbocycles. The number of rotatable bonds is 6. The van der Waals surface area contributed by atoms with Crippen LogP contribution in [0.15, 0.2) is 12.1 Å². The summed E-state index contributed by atoms with van der Waals surface area (Å²) in [4.78, 5) is 11.8. The molecule has 0 aliphatic rings. The van der Waals surface area contributed by atoms with Gasteiger partial charge in [0.15, 0.2) is 11.5 Å². The van der Waals surface area contributed by atoms with Gasteiger partial charge in [-0.3, -0.25) is 4.79 Å². The molecular weight excluding hydrogens is 242 g/mol. The second kappa shape index (κ2) is 7.02. The Kier molecular flexibility index (Phi) is 5.67. The van der Waals surface area contributed by atoms with E-state index in [1.54, 1.807) is 20.3 Å². The molecule has 0 aliphatic carbocycles. The second-order valence-electron chi connectivity index (χ2n) is 5.00. The van der Waals surface area contributed by atoms with Crippen LogP contribution >= 0.6 is 0 Å². The van der Waals surface area contributed by atoms with Crippen molar-refractivity contribution in [3.8, 4) is 11.5 Å². The van der Waals surface area contributed by atoms with E-state index in [1.165, 1.54) is 0 Å². The predicted molar refractivity (Wildman–Crippen MR) is 77.0 cm³/mol. The third-order valence-corrected chi connectivity index (χ3v) is 2.95. The summed E-state index contributed by atoms with van der Waals surface area (Å²) in [6.45, 7) is 6.14. The second-order valence-corrected chi connectivity index (χ2v) is 5.00. The number of hydrogen-bond donors (Lipinski definition) is 1. The van der Waals surface area contributed by atoms with E-state index in [4.69, 9.17) is 9.47 Å². The molecule has 0 unspecified atom stereocenters. The zero-order valence-electron chi connectivity index (χ0n) is 12.4. The number of amides is 1. The van der Waals surface area contributed by atoms with E-state index >= 15 is 0 Å². The Balaban J connectivity index is 2.80. The quantitative estimate of drug-likeness (QED) is 0.857. The molecule has 0 aromatic heterocycles. The number of methoxy groups -OCH3 is 2. The zero-order chi connectivity index (χ0) is 14.4. The first kappa shape index (κ1) is 15.3. The third-order valence-electron chi connectivity index (χ3n) is 2.95. The lowest BCUT2D eigenvalue weighted by atomic mass is 10.1. The van der Waals surface area contributed by atoms with E-state index in [2.05, 4.69) is 19.2 Å². The van der Waals surface area contributed by atoms with Gasteiger partial charge in [-0.2, -0.15) is 0 Å². The number of nitrogens with one attached hydrogen (secondary N) is 1. The minimum absolute atomic E-state index is 0.0315. The van der Waals surface area contributed by atoms with Gasteiger partial charge in [-0.05, 0) is 30.9 Å². The topological polar surface area (TPSA) is 47.6 Å². The molecule has 4 nitrogen and oxygen atoms in total. The normalized spacial score (nSPS) is 10.4.